The lowest BCUT2D eigenvalue weighted by Crippen LogP contribution is -2.12. The van der Waals surface area contributed by atoms with E-state index in [1.54, 1.807) is 0 Å². The molecule has 0 aliphatic carbocycles. The monoisotopic (exact) mass is 215 g/mol. The first-order chi connectivity index (χ1) is 6.95. The number of nitrogens with two attached hydrogens (primary N) is 2. The predicted octanol–water partition coefficient (Wildman–Crippen LogP) is 0.993. The minimum absolute atomic E-state index is 0.0122. The molecule has 0 aliphatic heterocycles. The van der Waals surface area contributed by atoms with E-state index in [2.05, 4.69) is 16.8 Å². The van der Waals surface area contributed by atoms with E-state index in [4.69, 9.17) is 11.5 Å². The van der Waals surface area contributed by atoms with Gasteiger partial charge in [0.25, 0.3) is 0 Å². The lowest BCUT2D eigenvalue weighted by atomic mass is 10.2. The maximum Gasteiger partial charge on any atom is 0.434 e. The molecule has 1 aromatic heterocycles. The molecular formula is C9H8F3N3. The van der Waals surface area contributed by atoms with Crippen LogP contribution in [0.1, 0.15) is 11.3 Å². The Morgan fingerprint density at radius 3 is 2.53 bits per heavy atom. The summed E-state index contributed by atoms with van der Waals surface area (Å²) in [6, 6.07) is 2.43. The van der Waals surface area contributed by atoms with Crippen LogP contribution in [-0.2, 0) is 6.18 Å². The molecule has 0 amide bonds. The van der Waals surface area contributed by atoms with Crippen molar-refractivity contribution in [1.82, 2.24) is 4.98 Å². The van der Waals surface area contributed by atoms with Crippen molar-refractivity contribution in [1.29, 1.82) is 0 Å². The molecule has 0 saturated carbocycles. The lowest BCUT2D eigenvalue weighted by molar-refractivity contribution is -0.141. The van der Waals surface area contributed by atoms with Gasteiger partial charge in [0.15, 0.2) is 5.69 Å². The van der Waals surface area contributed by atoms with E-state index in [1.165, 1.54) is 12.1 Å². The molecule has 1 aromatic rings. The van der Waals surface area contributed by atoms with Gasteiger partial charge in [0, 0.05) is 0 Å². The van der Waals surface area contributed by atoms with Crippen molar-refractivity contribution in [2.75, 3.05) is 12.3 Å². The number of hydrogen-bond donors (Lipinski definition) is 2. The summed E-state index contributed by atoms with van der Waals surface area (Å²) in [7, 11) is 0. The number of alkyl halides is 3. The normalized spacial score (nSPS) is 10.7. The smallest absolute Gasteiger partial charge is 0.384 e. The third-order valence-corrected chi connectivity index (χ3v) is 1.51. The summed E-state index contributed by atoms with van der Waals surface area (Å²) >= 11 is 0. The van der Waals surface area contributed by atoms with Gasteiger partial charge in [-0.1, -0.05) is 11.8 Å². The highest BCUT2D eigenvalue weighted by Gasteiger charge is 2.35. The van der Waals surface area contributed by atoms with E-state index in [0.717, 1.165) is 0 Å². The zero-order valence-corrected chi connectivity index (χ0v) is 7.60. The third kappa shape index (κ3) is 2.86. The molecule has 0 aromatic carbocycles. The van der Waals surface area contributed by atoms with Gasteiger partial charge in [-0.15, -0.1) is 0 Å². The largest absolute Gasteiger partial charge is 0.434 e. The second-order valence-corrected chi connectivity index (χ2v) is 2.64. The summed E-state index contributed by atoms with van der Waals surface area (Å²) in [4.78, 5) is 3.21. The topological polar surface area (TPSA) is 64.9 Å². The first kappa shape index (κ1) is 11.3. The van der Waals surface area contributed by atoms with Gasteiger partial charge in [0.1, 0.15) is 5.82 Å². The number of anilines is 1. The Labute approximate surface area is 84.3 Å². The Bertz CT molecular complexity index is 415. The minimum atomic E-state index is -4.56. The highest BCUT2D eigenvalue weighted by molar-refractivity contribution is 5.44. The van der Waals surface area contributed by atoms with Gasteiger partial charge >= 0.3 is 6.18 Å². The van der Waals surface area contributed by atoms with Crippen molar-refractivity contribution < 1.29 is 13.2 Å². The van der Waals surface area contributed by atoms with Gasteiger partial charge < -0.3 is 11.5 Å². The number of halogens is 3. The van der Waals surface area contributed by atoms with E-state index in [1.807, 2.05) is 0 Å². The van der Waals surface area contributed by atoms with Crippen molar-refractivity contribution in [2.45, 2.75) is 6.18 Å². The fourth-order valence-corrected chi connectivity index (χ4v) is 0.937. The number of nitrogen functional groups attached to an aromatic ring is 1. The first-order valence-electron chi connectivity index (χ1n) is 3.98. The fraction of sp³-hybridized carbons (Fsp3) is 0.222. The third-order valence-electron chi connectivity index (χ3n) is 1.51. The summed E-state index contributed by atoms with van der Waals surface area (Å²) in [5.74, 6) is 4.43. The summed E-state index contributed by atoms with van der Waals surface area (Å²) in [5, 5.41) is 0. The molecule has 0 unspecified atom stereocenters. The molecule has 1 heterocycles. The van der Waals surface area contributed by atoms with Gasteiger partial charge in [0.05, 0.1) is 12.1 Å². The van der Waals surface area contributed by atoms with Crippen LogP contribution in [0.4, 0.5) is 19.0 Å². The Kier molecular flexibility index (Phi) is 3.17. The van der Waals surface area contributed by atoms with E-state index < -0.39 is 11.9 Å². The predicted molar refractivity (Wildman–Crippen MR) is 49.6 cm³/mol. The summed E-state index contributed by atoms with van der Waals surface area (Å²) in [5.41, 5.74) is 8.93. The summed E-state index contributed by atoms with van der Waals surface area (Å²) in [6.07, 6.45) is -4.56. The maximum absolute atomic E-state index is 12.4. The quantitative estimate of drug-likeness (QED) is 0.634. The average Bonchev–Trinajstić information content (AvgIpc) is 2.14. The van der Waals surface area contributed by atoms with Crippen molar-refractivity contribution in [3.05, 3.63) is 23.4 Å². The van der Waals surface area contributed by atoms with Crippen molar-refractivity contribution in [2.24, 2.45) is 5.73 Å². The van der Waals surface area contributed by atoms with E-state index in [0.29, 0.717) is 0 Å². The van der Waals surface area contributed by atoms with Gasteiger partial charge in [-0.3, -0.25) is 0 Å². The molecule has 0 fully saturated rings. The summed E-state index contributed by atoms with van der Waals surface area (Å²) < 4.78 is 37.3. The van der Waals surface area contributed by atoms with Crippen molar-refractivity contribution in [3.8, 4) is 11.8 Å². The van der Waals surface area contributed by atoms with Crippen molar-refractivity contribution >= 4 is 5.82 Å². The van der Waals surface area contributed by atoms with Crippen LogP contribution in [0, 0.1) is 11.8 Å². The standard InChI is InChI=1S/C9H8F3N3/c10-9(11,12)8-6(2-1-5-13)3-4-7(14)15-8/h3-4H,5,13H2,(H2,14,15). The lowest BCUT2D eigenvalue weighted by Gasteiger charge is -2.08. The minimum Gasteiger partial charge on any atom is -0.384 e. The Morgan fingerprint density at radius 1 is 1.33 bits per heavy atom. The van der Waals surface area contributed by atoms with E-state index in [-0.39, 0.29) is 17.9 Å². The van der Waals surface area contributed by atoms with Crippen molar-refractivity contribution in [3.63, 3.8) is 0 Å². The van der Waals surface area contributed by atoms with Crippen LogP contribution in [0.25, 0.3) is 0 Å². The number of nitrogens with zero attached hydrogens (tertiary/aromatic N) is 1. The van der Waals surface area contributed by atoms with Crippen LogP contribution in [-0.4, -0.2) is 11.5 Å². The maximum atomic E-state index is 12.4. The molecule has 0 saturated heterocycles. The summed E-state index contributed by atoms with van der Waals surface area (Å²) in [6.45, 7) is -0.0122. The zero-order chi connectivity index (χ0) is 11.5. The Hall–Kier alpha value is -1.74. The van der Waals surface area contributed by atoms with Crippen LogP contribution in [0.5, 0.6) is 0 Å². The molecule has 3 nitrogen and oxygen atoms in total. The second-order valence-electron chi connectivity index (χ2n) is 2.64. The first-order valence-corrected chi connectivity index (χ1v) is 3.98. The highest BCUT2D eigenvalue weighted by atomic mass is 19.4. The molecule has 0 aliphatic rings. The van der Waals surface area contributed by atoms with E-state index in [9.17, 15) is 13.2 Å². The Morgan fingerprint density at radius 2 is 2.00 bits per heavy atom. The van der Waals surface area contributed by atoms with Crippen LogP contribution >= 0.6 is 0 Å². The SMILES string of the molecule is NCC#Cc1ccc(N)nc1C(F)(F)F. The Balaban J connectivity index is 3.27. The molecule has 0 spiro atoms. The average molecular weight is 215 g/mol. The number of aromatic nitrogens is 1. The number of rotatable bonds is 0. The van der Waals surface area contributed by atoms with Gasteiger partial charge in [-0.2, -0.15) is 13.2 Å². The number of pyridine rings is 1. The molecule has 0 bridgehead atoms. The molecular weight excluding hydrogens is 207 g/mol. The zero-order valence-electron chi connectivity index (χ0n) is 7.60. The van der Waals surface area contributed by atoms with Crippen LogP contribution < -0.4 is 11.5 Å². The molecule has 0 radical (unpaired) electrons. The van der Waals surface area contributed by atoms with Gasteiger partial charge in [-0.05, 0) is 12.1 Å². The molecule has 80 valence electrons. The highest BCUT2D eigenvalue weighted by Crippen LogP contribution is 2.30. The number of hydrogen-bond acceptors (Lipinski definition) is 3. The molecule has 1 rings (SSSR count). The molecule has 0 atom stereocenters. The molecule has 15 heavy (non-hydrogen) atoms. The van der Waals surface area contributed by atoms with Crippen LogP contribution in [0.2, 0.25) is 0 Å². The molecule has 6 heteroatoms. The molecule has 4 N–H and O–H groups in total. The second kappa shape index (κ2) is 4.19. The van der Waals surface area contributed by atoms with Crippen LogP contribution in [0.3, 0.4) is 0 Å². The fourth-order valence-electron chi connectivity index (χ4n) is 0.937. The van der Waals surface area contributed by atoms with Gasteiger partial charge in [-0.25, -0.2) is 4.98 Å². The van der Waals surface area contributed by atoms with Crippen LogP contribution in [0.15, 0.2) is 12.1 Å². The van der Waals surface area contributed by atoms with E-state index >= 15 is 0 Å². The van der Waals surface area contributed by atoms with Gasteiger partial charge in [0.2, 0.25) is 0 Å².